The quantitative estimate of drug-likeness (QED) is 0.926. The van der Waals surface area contributed by atoms with Crippen LogP contribution in [0, 0.1) is 5.92 Å². The molecule has 0 saturated carbocycles. The van der Waals surface area contributed by atoms with Gasteiger partial charge in [-0.25, -0.2) is 0 Å². The summed E-state index contributed by atoms with van der Waals surface area (Å²) >= 11 is 0. The van der Waals surface area contributed by atoms with Crippen LogP contribution < -0.4 is 5.32 Å². The predicted octanol–water partition coefficient (Wildman–Crippen LogP) is 2.71. The second-order valence-electron chi connectivity index (χ2n) is 6.19. The summed E-state index contributed by atoms with van der Waals surface area (Å²) in [7, 11) is 0. The highest BCUT2D eigenvalue weighted by Gasteiger charge is 2.41. The molecule has 3 heterocycles. The van der Waals surface area contributed by atoms with Gasteiger partial charge >= 0.3 is 0 Å². The molecule has 3 rings (SSSR count). The molecular formula is C17H26N2O2. The number of rotatable bonds is 4. The average molecular weight is 290 g/mol. The third-order valence-electron chi connectivity index (χ3n) is 4.84. The second-order valence-corrected chi connectivity index (χ2v) is 6.19. The van der Waals surface area contributed by atoms with Crippen molar-refractivity contribution >= 4 is 0 Å². The number of pyridine rings is 1. The molecular weight excluding hydrogens is 264 g/mol. The van der Waals surface area contributed by atoms with Gasteiger partial charge in [-0.3, -0.25) is 4.98 Å². The Hall–Kier alpha value is -0.970. The maximum Gasteiger partial charge on any atom is 0.0729 e. The molecule has 0 bridgehead atoms. The van der Waals surface area contributed by atoms with E-state index in [9.17, 15) is 0 Å². The van der Waals surface area contributed by atoms with Crippen molar-refractivity contribution in [1.82, 2.24) is 10.3 Å². The highest BCUT2D eigenvalue weighted by Crippen LogP contribution is 2.41. The van der Waals surface area contributed by atoms with Crippen LogP contribution in [0.3, 0.4) is 0 Å². The van der Waals surface area contributed by atoms with Gasteiger partial charge in [0.1, 0.15) is 0 Å². The molecule has 0 amide bonds. The number of hydrogen-bond acceptors (Lipinski definition) is 4. The molecule has 1 N–H and O–H groups in total. The zero-order valence-corrected chi connectivity index (χ0v) is 12.9. The molecule has 1 aromatic rings. The van der Waals surface area contributed by atoms with Gasteiger partial charge in [0, 0.05) is 26.0 Å². The molecule has 4 heteroatoms. The Morgan fingerprint density at radius 2 is 2.19 bits per heavy atom. The van der Waals surface area contributed by atoms with E-state index in [0.29, 0.717) is 12.0 Å². The van der Waals surface area contributed by atoms with Crippen LogP contribution in [0.15, 0.2) is 24.4 Å². The molecule has 4 nitrogen and oxygen atoms in total. The Morgan fingerprint density at radius 1 is 1.33 bits per heavy atom. The largest absolute Gasteiger partial charge is 0.381 e. The standard InChI is InChI=1S/C17H26N2O2/c1-2-18-16(15-5-3-4-9-19-15)14-6-10-21-17(13-14)7-11-20-12-8-17/h3-5,9,14,16,18H,2,6-8,10-13H2,1H3. The van der Waals surface area contributed by atoms with Gasteiger partial charge in [0.05, 0.1) is 17.3 Å². The van der Waals surface area contributed by atoms with Crippen molar-refractivity contribution in [3.05, 3.63) is 30.1 Å². The Labute approximate surface area is 127 Å². The Morgan fingerprint density at radius 3 is 2.90 bits per heavy atom. The summed E-state index contributed by atoms with van der Waals surface area (Å²) in [4.78, 5) is 4.58. The molecule has 0 radical (unpaired) electrons. The number of nitrogens with one attached hydrogen (secondary N) is 1. The molecule has 2 saturated heterocycles. The molecule has 1 spiro atoms. The van der Waals surface area contributed by atoms with Crippen molar-refractivity contribution in [3.8, 4) is 0 Å². The van der Waals surface area contributed by atoms with Gasteiger partial charge in [-0.05, 0) is 50.3 Å². The molecule has 2 aliphatic rings. The van der Waals surface area contributed by atoms with Crippen LogP contribution in [0.2, 0.25) is 0 Å². The van der Waals surface area contributed by atoms with E-state index >= 15 is 0 Å². The molecule has 2 atom stereocenters. The number of hydrogen-bond donors (Lipinski definition) is 1. The van der Waals surface area contributed by atoms with E-state index in [4.69, 9.17) is 9.47 Å². The van der Waals surface area contributed by atoms with Crippen molar-refractivity contribution in [2.45, 2.75) is 44.2 Å². The maximum atomic E-state index is 6.17. The number of ether oxygens (including phenoxy) is 2. The number of nitrogens with zero attached hydrogens (tertiary/aromatic N) is 1. The van der Waals surface area contributed by atoms with Gasteiger partial charge in [-0.1, -0.05) is 13.0 Å². The van der Waals surface area contributed by atoms with Gasteiger partial charge < -0.3 is 14.8 Å². The molecule has 21 heavy (non-hydrogen) atoms. The first-order valence-electron chi connectivity index (χ1n) is 8.19. The van der Waals surface area contributed by atoms with Crippen molar-refractivity contribution in [2.75, 3.05) is 26.4 Å². The van der Waals surface area contributed by atoms with Crippen LogP contribution in [0.1, 0.15) is 44.3 Å². The average Bonchev–Trinajstić information content (AvgIpc) is 2.54. The zero-order chi connectivity index (χ0) is 14.5. The summed E-state index contributed by atoms with van der Waals surface area (Å²) in [6, 6.07) is 6.53. The van der Waals surface area contributed by atoms with Crippen LogP contribution in [0.4, 0.5) is 0 Å². The van der Waals surface area contributed by atoms with Crippen LogP contribution in [-0.2, 0) is 9.47 Å². The minimum absolute atomic E-state index is 0.0453. The van der Waals surface area contributed by atoms with E-state index in [0.717, 1.165) is 57.7 Å². The van der Waals surface area contributed by atoms with E-state index in [-0.39, 0.29) is 5.60 Å². The lowest BCUT2D eigenvalue weighted by atomic mass is 9.77. The van der Waals surface area contributed by atoms with Crippen LogP contribution >= 0.6 is 0 Å². The SMILES string of the molecule is CCNC(c1ccccn1)C1CCOC2(CCOCC2)C1. The monoisotopic (exact) mass is 290 g/mol. The fraction of sp³-hybridized carbons (Fsp3) is 0.706. The van der Waals surface area contributed by atoms with Gasteiger partial charge in [0.15, 0.2) is 0 Å². The summed E-state index contributed by atoms with van der Waals surface area (Å²) in [6.45, 7) is 5.66. The van der Waals surface area contributed by atoms with E-state index in [1.165, 1.54) is 0 Å². The molecule has 116 valence electrons. The highest BCUT2D eigenvalue weighted by atomic mass is 16.5. The normalized spacial score (nSPS) is 26.6. The van der Waals surface area contributed by atoms with E-state index < -0.39 is 0 Å². The van der Waals surface area contributed by atoms with Crippen LogP contribution in [0.5, 0.6) is 0 Å². The van der Waals surface area contributed by atoms with Crippen LogP contribution in [-0.4, -0.2) is 37.0 Å². The van der Waals surface area contributed by atoms with Gasteiger partial charge in [-0.2, -0.15) is 0 Å². The first kappa shape index (κ1) is 14.9. The summed E-state index contributed by atoms with van der Waals surface area (Å²) in [5.74, 6) is 0.590. The Bertz CT molecular complexity index is 426. The molecule has 2 fully saturated rings. The molecule has 1 aromatic heterocycles. The molecule has 2 unspecified atom stereocenters. The maximum absolute atomic E-state index is 6.17. The third kappa shape index (κ3) is 3.44. The Balaban J connectivity index is 1.76. The van der Waals surface area contributed by atoms with Crippen molar-refractivity contribution in [1.29, 1.82) is 0 Å². The first-order chi connectivity index (χ1) is 10.3. The van der Waals surface area contributed by atoms with Crippen molar-refractivity contribution in [3.63, 3.8) is 0 Å². The summed E-state index contributed by atoms with van der Waals surface area (Å²) in [5.41, 5.74) is 1.21. The highest BCUT2D eigenvalue weighted by molar-refractivity contribution is 5.11. The molecule has 0 aromatic carbocycles. The second kappa shape index (κ2) is 6.86. The topological polar surface area (TPSA) is 43.4 Å². The zero-order valence-electron chi connectivity index (χ0n) is 12.9. The van der Waals surface area contributed by atoms with E-state index in [1.807, 2.05) is 12.3 Å². The minimum Gasteiger partial charge on any atom is -0.381 e. The minimum atomic E-state index is 0.0453. The Kier molecular flexibility index (Phi) is 4.88. The first-order valence-corrected chi connectivity index (χ1v) is 8.19. The lowest BCUT2D eigenvalue weighted by Gasteiger charge is -2.45. The number of aromatic nitrogens is 1. The van der Waals surface area contributed by atoms with Crippen LogP contribution in [0.25, 0.3) is 0 Å². The van der Waals surface area contributed by atoms with Crippen molar-refractivity contribution in [2.24, 2.45) is 5.92 Å². The summed E-state index contributed by atoms with van der Waals surface area (Å²) in [6.07, 6.45) is 6.18. The fourth-order valence-electron chi connectivity index (χ4n) is 3.73. The fourth-order valence-corrected chi connectivity index (χ4v) is 3.73. The van der Waals surface area contributed by atoms with Gasteiger partial charge in [-0.15, -0.1) is 0 Å². The smallest absolute Gasteiger partial charge is 0.0729 e. The third-order valence-corrected chi connectivity index (χ3v) is 4.84. The van der Waals surface area contributed by atoms with Crippen molar-refractivity contribution < 1.29 is 9.47 Å². The van der Waals surface area contributed by atoms with Gasteiger partial charge in [0.2, 0.25) is 0 Å². The lowest BCUT2D eigenvalue weighted by Crippen LogP contribution is -2.47. The molecule has 2 aliphatic heterocycles. The lowest BCUT2D eigenvalue weighted by molar-refractivity contribution is -0.150. The predicted molar refractivity (Wildman–Crippen MR) is 82.1 cm³/mol. The van der Waals surface area contributed by atoms with Gasteiger partial charge in [0.25, 0.3) is 0 Å². The summed E-state index contributed by atoms with van der Waals surface area (Å²) < 4.78 is 11.7. The molecule has 0 aliphatic carbocycles. The van der Waals surface area contributed by atoms with E-state index in [2.05, 4.69) is 29.4 Å². The summed E-state index contributed by atoms with van der Waals surface area (Å²) in [5, 5.41) is 3.64. The van der Waals surface area contributed by atoms with E-state index in [1.54, 1.807) is 0 Å².